The molecule has 2 N–H and O–H groups in total. The van der Waals surface area contributed by atoms with Crippen LogP contribution in [0.1, 0.15) is 39.0 Å². The van der Waals surface area contributed by atoms with Crippen molar-refractivity contribution >= 4 is 0 Å². The Hall–Kier alpha value is -0.0800. The molecular weight excluding hydrogens is 140 g/mol. The van der Waals surface area contributed by atoms with Crippen molar-refractivity contribution in [3.8, 4) is 0 Å². The smallest absolute Gasteiger partial charge is 0.0590 e. The maximum Gasteiger partial charge on any atom is 0.0590 e. The van der Waals surface area contributed by atoms with Gasteiger partial charge < -0.3 is 10.2 Å². The Morgan fingerprint density at radius 2 is 1.82 bits per heavy atom. The molecule has 1 aliphatic carbocycles. The molecule has 0 heterocycles. The number of hydrogen-bond acceptors (Lipinski definition) is 2. The lowest BCUT2D eigenvalue weighted by Crippen LogP contribution is -2.38. The van der Waals surface area contributed by atoms with Gasteiger partial charge in [0.2, 0.25) is 0 Å². The first-order chi connectivity index (χ1) is 5.21. The van der Waals surface area contributed by atoms with Gasteiger partial charge in [-0.3, -0.25) is 0 Å². The van der Waals surface area contributed by atoms with E-state index in [0.29, 0.717) is 0 Å². The summed E-state index contributed by atoms with van der Waals surface area (Å²) < 4.78 is 0. The third-order valence-corrected chi connectivity index (χ3v) is 3.05. The molecule has 0 aromatic carbocycles. The predicted molar refractivity (Wildman–Crippen MR) is 44.3 cm³/mol. The third-order valence-electron chi connectivity index (χ3n) is 3.05. The van der Waals surface area contributed by atoms with Gasteiger partial charge in [-0.15, -0.1) is 0 Å². The van der Waals surface area contributed by atoms with Crippen molar-refractivity contribution in [2.75, 3.05) is 6.61 Å². The molecular formula is C9H18O2. The van der Waals surface area contributed by atoms with Crippen molar-refractivity contribution in [1.82, 2.24) is 0 Å². The maximum absolute atomic E-state index is 9.47. The topological polar surface area (TPSA) is 40.5 Å². The number of hydrogen-bond donors (Lipinski definition) is 2. The number of rotatable bonds is 2. The average Bonchev–Trinajstić information content (AvgIpc) is 2.05. The first-order valence-corrected chi connectivity index (χ1v) is 4.50. The minimum atomic E-state index is -0.354. The molecule has 0 saturated heterocycles. The van der Waals surface area contributed by atoms with E-state index in [-0.39, 0.29) is 18.1 Å². The van der Waals surface area contributed by atoms with Crippen molar-refractivity contribution in [3.05, 3.63) is 0 Å². The van der Waals surface area contributed by atoms with E-state index < -0.39 is 0 Å². The largest absolute Gasteiger partial charge is 0.396 e. The predicted octanol–water partition coefficient (Wildman–Crippen LogP) is 1.31. The highest BCUT2D eigenvalue weighted by Crippen LogP contribution is 2.38. The van der Waals surface area contributed by atoms with Crippen LogP contribution < -0.4 is 0 Å². The second-order valence-electron chi connectivity index (χ2n) is 3.76. The fraction of sp³-hybridized carbons (Fsp3) is 1.00. The zero-order valence-electron chi connectivity index (χ0n) is 7.21. The van der Waals surface area contributed by atoms with E-state index in [0.717, 1.165) is 25.7 Å². The van der Waals surface area contributed by atoms with Crippen LogP contribution >= 0.6 is 0 Å². The first kappa shape index (κ1) is 9.01. The molecule has 0 aromatic heterocycles. The van der Waals surface area contributed by atoms with Crippen LogP contribution in [0.3, 0.4) is 0 Å². The molecule has 66 valence electrons. The molecule has 1 atom stereocenters. The van der Waals surface area contributed by atoms with Crippen LogP contribution in [0.5, 0.6) is 0 Å². The number of aliphatic hydroxyl groups is 2. The highest BCUT2D eigenvalue weighted by molar-refractivity contribution is 4.86. The summed E-state index contributed by atoms with van der Waals surface area (Å²) in [5.74, 6) is 0. The molecule has 2 nitrogen and oxygen atoms in total. The van der Waals surface area contributed by atoms with Gasteiger partial charge in [-0.2, -0.15) is 0 Å². The molecule has 1 rings (SSSR count). The van der Waals surface area contributed by atoms with Crippen LogP contribution in [0.15, 0.2) is 0 Å². The summed E-state index contributed by atoms with van der Waals surface area (Å²) in [6, 6.07) is 0. The quantitative estimate of drug-likeness (QED) is 0.636. The summed E-state index contributed by atoms with van der Waals surface area (Å²) in [6.07, 6.45) is 5.20. The van der Waals surface area contributed by atoms with Crippen molar-refractivity contribution in [2.24, 2.45) is 5.41 Å². The van der Waals surface area contributed by atoms with E-state index in [2.05, 4.69) is 0 Å². The summed E-state index contributed by atoms with van der Waals surface area (Å²) in [7, 11) is 0. The van der Waals surface area contributed by atoms with E-state index in [4.69, 9.17) is 5.11 Å². The molecule has 0 amide bonds. The van der Waals surface area contributed by atoms with Gasteiger partial charge in [0, 0.05) is 5.41 Å². The van der Waals surface area contributed by atoms with E-state index in [1.165, 1.54) is 6.42 Å². The Balaban J connectivity index is 2.57. The van der Waals surface area contributed by atoms with Crippen molar-refractivity contribution in [3.63, 3.8) is 0 Å². The minimum absolute atomic E-state index is 0.144. The Morgan fingerprint density at radius 3 is 2.09 bits per heavy atom. The van der Waals surface area contributed by atoms with Gasteiger partial charge in [-0.05, 0) is 19.8 Å². The minimum Gasteiger partial charge on any atom is -0.396 e. The van der Waals surface area contributed by atoms with Crippen LogP contribution in [0.2, 0.25) is 0 Å². The van der Waals surface area contributed by atoms with Crippen LogP contribution in [0, 0.1) is 5.41 Å². The van der Waals surface area contributed by atoms with Crippen LogP contribution in [0.25, 0.3) is 0 Å². The molecule has 2 heteroatoms. The van der Waals surface area contributed by atoms with E-state index in [9.17, 15) is 5.11 Å². The van der Waals surface area contributed by atoms with E-state index >= 15 is 0 Å². The number of aliphatic hydroxyl groups excluding tert-OH is 2. The van der Waals surface area contributed by atoms with Crippen LogP contribution in [0.4, 0.5) is 0 Å². The van der Waals surface area contributed by atoms with Crippen LogP contribution in [-0.2, 0) is 0 Å². The third kappa shape index (κ3) is 1.74. The average molecular weight is 158 g/mol. The maximum atomic E-state index is 9.47. The molecule has 1 aliphatic rings. The molecule has 0 aromatic rings. The lowest BCUT2D eigenvalue weighted by atomic mass is 9.71. The standard InChI is InChI=1S/C9H18O2/c1-8(11)9(7-10)5-3-2-4-6-9/h8,10-11H,2-7H2,1H3. The second-order valence-corrected chi connectivity index (χ2v) is 3.76. The van der Waals surface area contributed by atoms with Crippen LogP contribution in [-0.4, -0.2) is 22.9 Å². The van der Waals surface area contributed by atoms with Crippen molar-refractivity contribution in [2.45, 2.75) is 45.1 Å². The SMILES string of the molecule is CC(O)C1(CO)CCCCC1. The van der Waals surface area contributed by atoms with Gasteiger partial charge in [-0.1, -0.05) is 19.3 Å². The van der Waals surface area contributed by atoms with Crippen molar-refractivity contribution in [1.29, 1.82) is 0 Å². The normalized spacial score (nSPS) is 26.5. The van der Waals surface area contributed by atoms with Gasteiger partial charge in [0.05, 0.1) is 12.7 Å². The summed E-state index contributed by atoms with van der Waals surface area (Å²) in [5, 5.41) is 18.6. The lowest BCUT2D eigenvalue weighted by Gasteiger charge is -2.38. The first-order valence-electron chi connectivity index (χ1n) is 4.50. The highest BCUT2D eigenvalue weighted by atomic mass is 16.3. The highest BCUT2D eigenvalue weighted by Gasteiger charge is 2.35. The molecule has 0 bridgehead atoms. The summed E-state index contributed by atoms with van der Waals surface area (Å²) in [4.78, 5) is 0. The molecule has 1 fully saturated rings. The summed E-state index contributed by atoms with van der Waals surface area (Å²) >= 11 is 0. The fourth-order valence-electron chi connectivity index (χ4n) is 1.96. The Labute approximate surface area is 68.2 Å². The molecule has 1 saturated carbocycles. The Kier molecular flexibility index (Phi) is 2.90. The summed E-state index contributed by atoms with van der Waals surface area (Å²) in [5.41, 5.74) is -0.168. The fourth-order valence-corrected chi connectivity index (χ4v) is 1.96. The van der Waals surface area contributed by atoms with Gasteiger partial charge >= 0.3 is 0 Å². The monoisotopic (exact) mass is 158 g/mol. The van der Waals surface area contributed by atoms with E-state index in [1.807, 2.05) is 0 Å². The molecule has 0 aliphatic heterocycles. The molecule has 11 heavy (non-hydrogen) atoms. The lowest BCUT2D eigenvalue weighted by molar-refractivity contribution is -0.0322. The van der Waals surface area contributed by atoms with Gasteiger partial charge in [0.15, 0.2) is 0 Å². The molecule has 1 unspecified atom stereocenters. The van der Waals surface area contributed by atoms with Gasteiger partial charge in [0.25, 0.3) is 0 Å². The summed E-state index contributed by atoms with van der Waals surface area (Å²) in [6.45, 7) is 1.94. The Bertz CT molecular complexity index is 115. The van der Waals surface area contributed by atoms with Crippen molar-refractivity contribution < 1.29 is 10.2 Å². The second kappa shape index (κ2) is 3.55. The zero-order valence-corrected chi connectivity index (χ0v) is 7.21. The zero-order chi connectivity index (χ0) is 8.32. The molecule has 0 radical (unpaired) electrons. The Morgan fingerprint density at radius 1 is 1.27 bits per heavy atom. The van der Waals surface area contributed by atoms with Gasteiger partial charge in [0.1, 0.15) is 0 Å². The van der Waals surface area contributed by atoms with E-state index in [1.54, 1.807) is 6.92 Å². The van der Waals surface area contributed by atoms with Gasteiger partial charge in [-0.25, -0.2) is 0 Å². The molecule has 0 spiro atoms.